The lowest BCUT2D eigenvalue weighted by molar-refractivity contribution is 0.146. The lowest BCUT2D eigenvalue weighted by atomic mass is 9.95. The maximum Gasteiger partial charge on any atom is 0.191 e. The molecule has 0 spiro atoms. The largest absolute Gasteiger partial charge is 0.490 e. The van der Waals surface area contributed by atoms with Crippen LogP contribution in [0.3, 0.4) is 0 Å². The first-order valence-corrected chi connectivity index (χ1v) is 10.8. The van der Waals surface area contributed by atoms with Gasteiger partial charge >= 0.3 is 0 Å². The fourth-order valence-corrected chi connectivity index (χ4v) is 3.98. The maximum absolute atomic E-state index is 9.29. The fraction of sp³-hybridized carbons (Fsp3) is 0.500. The van der Waals surface area contributed by atoms with Crippen molar-refractivity contribution in [1.29, 1.82) is 5.26 Å². The highest BCUT2D eigenvalue weighted by Gasteiger charge is 2.19. The second-order valence-corrected chi connectivity index (χ2v) is 9.65. The van der Waals surface area contributed by atoms with Crippen molar-refractivity contribution < 1.29 is 9.47 Å². The van der Waals surface area contributed by atoms with Crippen LogP contribution in [0.5, 0.6) is 5.75 Å². The van der Waals surface area contributed by atoms with E-state index in [0.717, 1.165) is 11.3 Å². The molecule has 2 rings (SSSR count). The zero-order chi connectivity index (χ0) is 21.6. The summed E-state index contributed by atoms with van der Waals surface area (Å²) in [7, 11) is 1.63. The van der Waals surface area contributed by atoms with Gasteiger partial charge in [0.25, 0.3) is 0 Å². The standard InChI is InChI=1S/C22H29N3O2S2/c1-15(2)13-25-14-19(22(3,4)5)29-21(25)24-20(28)17-11-16(12-23)7-8-18(17)27-10-9-26-6/h7-8,11,14-15H,9-10,13H2,1-6H3/b24-21-. The Balaban J connectivity index is 2.50. The number of nitriles is 1. The Kier molecular flexibility index (Phi) is 8.14. The number of hydrogen-bond acceptors (Lipinski definition) is 5. The molecule has 1 aromatic heterocycles. The van der Waals surface area contributed by atoms with Crippen LogP contribution in [0.2, 0.25) is 0 Å². The van der Waals surface area contributed by atoms with Gasteiger partial charge < -0.3 is 14.0 Å². The predicted molar refractivity (Wildman–Crippen MR) is 122 cm³/mol. The van der Waals surface area contributed by atoms with Gasteiger partial charge in [-0.15, -0.1) is 11.3 Å². The van der Waals surface area contributed by atoms with E-state index < -0.39 is 0 Å². The molecule has 0 atom stereocenters. The number of aromatic nitrogens is 1. The van der Waals surface area contributed by atoms with Crippen LogP contribution >= 0.6 is 23.6 Å². The molecular formula is C22H29N3O2S2. The van der Waals surface area contributed by atoms with Gasteiger partial charge in [0.15, 0.2) is 4.80 Å². The first kappa shape index (κ1) is 23.3. The summed E-state index contributed by atoms with van der Waals surface area (Å²) in [6.45, 7) is 12.7. The summed E-state index contributed by atoms with van der Waals surface area (Å²) in [5.41, 5.74) is 1.21. The highest BCUT2D eigenvalue weighted by Crippen LogP contribution is 2.25. The molecule has 1 aromatic carbocycles. The number of hydrogen-bond donors (Lipinski definition) is 0. The quantitative estimate of drug-likeness (QED) is 0.472. The van der Waals surface area contributed by atoms with Crippen LogP contribution in [-0.2, 0) is 16.7 Å². The Morgan fingerprint density at radius 3 is 2.62 bits per heavy atom. The SMILES string of the molecule is COCCOc1ccc(C#N)cc1C(=S)/N=c1\sc(C(C)(C)C)cn1CC(C)C. The van der Waals surface area contributed by atoms with E-state index in [0.29, 0.717) is 41.0 Å². The van der Waals surface area contributed by atoms with Crippen molar-refractivity contribution in [3.8, 4) is 11.8 Å². The Labute approximate surface area is 182 Å². The summed E-state index contributed by atoms with van der Waals surface area (Å²) in [5.74, 6) is 1.10. The second-order valence-electron chi connectivity index (χ2n) is 8.26. The number of ether oxygens (including phenoxy) is 2. The molecule has 0 N–H and O–H groups in total. The highest BCUT2D eigenvalue weighted by atomic mass is 32.1. The average Bonchev–Trinajstić information content (AvgIpc) is 3.04. The van der Waals surface area contributed by atoms with Gasteiger partial charge in [-0.3, -0.25) is 0 Å². The molecule has 0 fully saturated rings. The first-order valence-electron chi connectivity index (χ1n) is 9.61. The minimum atomic E-state index is 0.0356. The van der Waals surface area contributed by atoms with Gasteiger partial charge in [-0.25, -0.2) is 4.99 Å². The number of thiazole rings is 1. The maximum atomic E-state index is 9.29. The van der Waals surface area contributed by atoms with Crippen molar-refractivity contribution in [3.63, 3.8) is 0 Å². The summed E-state index contributed by atoms with van der Waals surface area (Å²) in [5, 5.41) is 9.29. The molecule has 0 aliphatic carbocycles. The van der Waals surface area contributed by atoms with Crippen LogP contribution in [-0.4, -0.2) is 29.9 Å². The molecule has 0 unspecified atom stereocenters. The molecule has 0 radical (unpaired) electrons. The van der Waals surface area contributed by atoms with Gasteiger partial charge in [0.1, 0.15) is 17.3 Å². The molecular weight excluding hydrogens is 402 g/mol. The summed E-state index contributed by atoms with van der Waals surface area (Å²) in [4.78, 5) is 7.30. The summed E-state index contributed by atoms with van der Waals surface area (Å²) in [6, 6.07) is 7.38. The number of methoxy groups -OCH3 is 1. The van der Waals surface area contributed by atoms with Crippen molar-refractivity contribution in [2.24, 2.45) is 10.9 Å². The van der Waals surface area contributed by atoms with E-state index in [1.165, 1.54) is 4.88 Å². The van der Waals surface area contributed by atoms with Gasteiger partial charge in [0, 0.05) is 24.7 Å². The lowest BCUT2D eigenvalue weighted by Crippen LogP contribution is -2.19. The van der Waals surface area contributed by atoms with E-state index in [4.69, 9.17) is 26.7 Å². The van der Waals surface area contributed by atoms with Gasteiger partial charge in [-0.2, -0.15) is 5.26 Å². The average molecular weight is 432 g/mol. The zero-order valence-electron chi connectivity index (χ0n) is 18.0. The van der Waals surface area contributed by atoms with Crippen LogP contribution in [0.25, 0.3) is 0 Å². The summed E-state index contributed by atoms with van der Waals surface area (Å²) in [6.07, 6.45) is 2.17. The monoisotopic (exact) mass is 431 g/mol. The van der Waals surface area contributed by atoms with E-state index in [1.54, 1.807) is 36.6 Å². The summed E-state index contributed by atoms with van der Waals surface area (Å²) >= 11 is 7.31. The minimum Gasteiger partial charge on any atom is -0.490 e. The van der Waals surface area contributed by atoms with E-state index in [-0.39, 0.29) is 5.41 Å². The van der Waals surface area contributed by atoms with Crippen LogP contribution in [0.15, 0.2) is 29.4 Å². The molecule has 0 saturated heterocycles. The molecule has 0 aliphatic heterocycles. The number of thiocarbonyl (C=S) groups is 1. The predicted octanol–water partition coefficient (Wildman–Crippen LogP) is 4.68. The van der Waals surface area contributed by atoms with E-state index in [2.05, 4.69) is 51.5 Å². The third-order valence-corrected chi connectivity index (χ3v) is 5.86. The molecule has 0 aliphatic rings. The van der Waals surface area contributed by atoms with Crippen LogP contribution in [0.1, 0.15) is 50.6 Å². The number of nitrogens with zero attached hydrogens (tertiary/aromatic N) is 3. The van der Waals surface area contributed by atoms with Crippen molar-refractivity contribution in [2.45, 2.75) is 46.6 Å². The van der Waals surface area contributed by atoms with Crippen molar-refractivity contribution in [1.82, 2.24) is 4.57 Å². The van der Waals surface area contributed by atoms with Gasteiger partial charge in [-0.1, -0.05) is 46.8 Å². The molecule has 0 amide bonds. The Morgan fingerprint density at radius 2 is 2.03 bits per heavy atom. The Morgan fingerprint density at radius 1 is 1.31 bits per heavy atom. The van der Waals surface area contributed by atoms with E-state index in [9.17, 15) is 5.26 Å². The molecule has 0 bridgehead atoms. The molecule has 1 heterocycles. The smallest absolute Gasteiger partial charge is 0.191 e. The third kappa shape index (κ3) is 6.49. The summed E-state index contributed by atoms with van der Waals surface area (Å²) < 4.78 is 13.0. The topological polar surface area (TPSA) is 59.5 Å². The van der Waals surface area contributed by atoms with Gasteiger partial charge in [0.2, 0.25) is 0 Å². The third-order valence-electron chi connectivity index (χ3n) is 4.10. The first-order chi connectivity index (χ1) is 13.7. The van der Waals surface area contributed by atoms with E-state index in [1.807, 2.05) is 0 Å². The zero-order valence-corrected chi connectivity index (χ0v) is 19.6. The lowest BCUT2D eigenvalue weighted by Gasteiger charge is -2.14. The van der Waals surface area contributed by atoms with Crippen LogP contribution in [0.4, 0.5) is 0 Å². The van der Waals surface area contributed by atoms with Crippen molar-refractivity contribution in [2.75, 3.05) is 20.3 Å². The van der Waals surface area contributed by atoms with E-state index >= 15 is 0 Å². The fourth-order valence-electron chi connectivity index (χ4n) is 2.61. The molecule has 2 aromatic rings. The van der Waals surface area contributed by atoms with Crippen molar-refractivity contribution in [3.05, 3.63) is 45.2 Å². The molecule has 7 heteroatoms. The van der Waals surface area contributed by atoms with Crippen LogP contribution < -0.4 is 9.54 Å². The number of rotatable bonds is 7. The second kappa shape index (κ2) is 10.1. The highest BCUT2D eigenvalue weighted by molar-refractivity contribution is 7.80. The Bertz CT molecular complexity index is 960. The minimum absolute atomic E-state index is 0.0356. The normalized spacial score (nSPS) is 12.3. The van der Waals surface area contributed by atoms with Crippen LogP contribution in [0, 0.1) is 17.2 Å². The Hall–Kier alpha value is -2.01. The van der Waals surface area contributed by atoms with Crippen molar-refractivity contribution >= 4 is 28.5 Å². The van der Waals surface area contributed by atoms with Gasteiger partial charge in [-0.05, 0) is 29.5 Å². The molecule has 5 nitrogen and oxygen atoms in total. The molecule has 29 heavy (non-hydrogen) atoms. The molecule has 0 saturated carbocycles. The number of benzene rings is 1. The van der Waals surface area contributed by atoms with Gasteiger partial charge in [0.05, 0.1) is 23.8 Å². The molecule has 156 valence electrons.